The summed E-state index contributed by atoms with van der Waals surface area (Å²) in [5.74, 6) is 1.66. The Balaban J connectivity index is 1.56. The number of rotatable bonds is 5. The molecule has 1 amide bonds. The number of amides is 1. The smallest absolute Gasteiger partial charge is 0.231 e. The predicted molar refractivity (Wildman–Crippen MR) is 76.3 cm³/mol. The number of benzene rings is 1. The SMILES string of the molecule is CC(CN1CCCC1=O)NCc1cc2c(cc1O)OCO2. The van der Waals surface area contributed by atoms with Gasteiger partial charge in [0.15, 0.2) is 11.5 Å². The van der Waals surface area contributed by atoms with Crippen molar-refractivity contribution in [3.63, 3.8) is 0 Å². The van der Waals surface area contributed by atoms with E-state index in [4.69, 9.17) is 9.47 Å². The molecule has 6 nitrogen and oxygen atoms in total. The number of hydrogen-bond donors (Lipinski definition) is 2. The molecular weight excluding hydrogens is 272 g/mol. The first-order chi connectivity index (χ1) is 10.1. The standard InChI is InChI=1S/C15H20N2O4/c1-10(8-17-4-2-3-15(17)19)16-7-11-5-13-14(6-12(11)18)21-9-20-13/h5-6,10,16,18H,2-4,7-9H2,1H3. The highest BCUT2D eigenvalue weighted by molar-refractivity contribution is 5.78. The minimum atomic E-state index is 0.164. The van der Waals surface area contributed by atoms with Crippen LogP contribution in [0.5, 0.6) is 17.2 Å². The van der Waals surface area contributed by atoms with Gasteiger partial charge in [-0.25, -0.2) is 0 Å². The Kier molecular flexibility index (Phi) is 3.88. The first kappa shape index (κ1) is 14.0. The fourth-order valence-electron chi connectivity index (χ4n) is 2.69. The normalized spacial score (nSPS) is 18.3. The monoisotopic (exact) mass is 292 g/mol. The molecule has 0 saturated carbocycles. The zero-order chi connectivity index (χ0) is 14.8. The lowest BCUT2D eigenvalue weighted by atomic mass is 10.1. The van der Waals surface area contributed by atoms with E-state index in [1.807, 2.05) is 11.8 Å². The van der Waals surface area contributed by atoms with Gasteiger partial charge in [0, 0.05) is 43.7 Å². The fourth-order valence-corrected chi connectivity index (χ4v) is 2.69. The number of hydrogen-bond acceptors (Lipinski definition) is 5. The first-order valence-electron chi connectivity index (χ1n) is 7.26. The average Bonchev–Trinajstić information content (AvgIpc) is 3.05. The lowest BCUT2D eigenvalue weighted by Crippen LogP contribution is -2.39. The second-order valence-electron chi connectivity index (χ2n) is 5.56. The minimum Gasteiger partial charge on any atom is -0.507 e. The number of carbonyl (C=O) groups excluding carboxylic acids is 1. The van der Waals surface area contributed by atoms with Crippen molar-refractivity contribution in [2.75, 3.05) is 19.9 Å². The number of nitrogens with zero attached hydrogens (tertiary/aromatic N) is 1. The third-order valence-corrected chi connectivity index (χ3v) is 3.88. The number of ether oxygens (including phenoxy) is 2. The molecule has 1 unspecified atom stereocenters. The zero-order valence-electron chi connectivity index (χ0n) is 12.1. The summed E-state index contributed by atoms with van der Waals surface area (Å²) in [6, 6.07) is 3.53. The third-order valence-electron chi connectivity index (χ3n) is 3.88. The molecule has 0 radical (unpaired) electrons. The number of carbonyl (C=O) groups is 1. The number of phenols is 1. The topological polar surface area (TPSA) is 71.0 Å². The van der Waals surface area contributed by atoms with Crippen LogP contribution in [-0.2, 0) is 11.3 Å². The van der Waals surface area contributed by atoms with Crippen LogP contribution in [0.25, 0.3) is 0 Å². The number of likely N-dealkylation sites (tertiary alicyclic amines) is 1. The molecule has 114 valence electrons. The molecule has 2 N–H and O–H groups in total. The number of phenolic OH excluding ortho intramolecular Hbond substituents is 1. The Morgan fingerprint density at radius 3 is 2.86 bits per heavy atom. The van der Waals surface area contributed by atoms with Crippen LogP contribution >= 0.6 is 0 Å². The molecule has 2 aliphatic heterocycles. The van der Waals surface area contributed by atoms with E-state index in [0.29, 0.717) is 31.0 Å². The Bertz CT molecular complexity index is 547. The highest BCUT2D eigenvalue weighted by atomic mass is 16.7. The fraction of sp³-hybridized carbons (Fsp3) is 0.533. The Morgan fingerprint density at radius 1 is 1.38 bits per heavy atom. The van der Waals surface area contributed by atoms with E-state index in [1.54, 1.807) is 12.1 Å². The maximum atomic E-state index is 11.6. The molecule has 1 aromatic carbocycles. The molecule has 1 aromatic rings. The largest absolute Gasteiger partial charge is 0.507 e. The van der Waals surface area contributed by atoms with E-state index in [9.17, 15) is 9.90 Å². The van der Waals surface area contributed by atoms with Crippen molar-refractivity contribution in [2.24, 2.45) is 0 Å². The van der Waals surface area contributed by atoms with E-state index in [0.717, 1.165) is 18.5 Å². The van der Waals surface area contributed by atoms with Crippen molar-refractivity contribution < 1.29 is 19.4 Å². The van der Waals surface area contributed by atoms with Crippen LogP contribution in [0.1, 0.15) is 25.3 Å². The van der Waals surface area contributed by atoms with Gasteiger partial charge in [-0.2, -0.15) is 0 Å². The van der Waals surface area contributed by atoms with E-state index in [-0.39, 0.29) is 24.5 Å². The minimum absolute atomic E-state index is 0.164. The molecule has 1 atom stereocenters. The molecule has 3 rings (SSSR count). The van der Waals surface area contributed by atoms with Gasteiger partial charge in [-0.3, -0.25) is 4.79 Å². The van der Waals surface area contributed by atoms with Crippen molar-refractivity contribution in [3.8, 4) is 17.2 Å². The van der Waals surface area contributed by atoms with Gasteiger partial charge in [0.1, 0.15) is 5.75 Å². The van der Waals surface area contributed by atoms with Crippen molar-refractivity contribution >= 4 is 5.91 Å². The number of nitrogens with one attached hydrogen (secondary N) is 1. The van der Waals surface area contributed by atoms with Crippen LogP contribution in [0, 0.1) is 0 Å². The van der Waals surface area contributed by atoms with Gasteiger partial charge in [-0.1, -0.05) is 0 Å². The van der Waals surface area contributed by atoms with Gasteiger partial charge in [0.2, 0.25) is 12.7 Å². The summed E-state index contributed by atoms with van der Waals surface area (Å²) in [6.45, 7) is 4.30. The molecule has 2 heterocycles. The maximum absolute atomic E-state index is 11.6. The summed E-state index contributed by atoms with van der Waals surface area (Å²) in [5.41, 5.74) is 0.763. The molecule has 0 aromatic heterocycles. The second-order valence-corrected chi connectivity index (χ2v) is 5.56. The summed E-state index contributed by atoms with van der Waals surface area (Å²) in [6.07, 6.45) is 1.62. The van der Waals surface area contributed by atoms with Crippen molar-refractivity contribution in [1.82, 2.24) is 10.2 Å². The van der Waals surface area contributed by atoms with E-state index >= 15 is 0 Å². The summed E-state index contributed by atoms with van der Waals surface area (Å²) >= 11 is 0. The lowest BCUT2D eigenvalue weighted by Gasteiger charge is -2.22. The summed E-state index contributed by atoms with van der Waals surface area (Å²) in [5, 5.41) is 13.3. The van der Waals surface area contributed by atoms with Crippen LogP contribution in [0.4, 0.5) is 0 Å². The second kappa shape index (κ2) is 5.81. The highest BCUT2D eigenvalue weighted by Gasteiger charge is 2.22. The highest BCUT2D eigenvalue weighted by Crippen LogP contribution is 2.37. The Hall–Kier alpha value is -1.95. The van der Waals surface area contributed by atoms with E-state index in [1.165, 1.54) is 0 Å². The van der Waals surface area contributed by atoms with Crippen LogP contribution in [0.2, 0.25) is 0 Å². The van der Waals surface area contributed by atoms with Gasteiger partial charge in [-0.15, -0.1) is 0 Å². The van der Waals surface area contributed by atoms with Crippen LogP contribution in [0.3, 0.4) is 0 Å². The third kappa shape index (κ3) is 3.05. The number of aromatic hydroxyl groups is 1. The number of fused-ring (bicyclic) bond motifs is 1. The maximum Gasteiger partial charge on any atom is 0.231 e. The molecule has 0 spiro atoms. The van der Waals surface area contributed by atoms with E-state index < -0.39 is 0 Å². The molecule has 6 heteroatoms. The van der Waals surface area contributed by atoms with Gasteiger partial charge < -0.3 is 24.8 Å². The summed E-state index contributed by atoms with van der Waals surface area (Å²) in [7, 11) is 0. The van der Waals surface area contributed by atoms with Crippen LogP contribution in [0.15, 0.2) is 12.1 Å². The van der Waals surface area contributed by atoms with Gasteiger partial charge in [0.05, 0.1) is 0 Å². The molecule has 2 aliphatic rings. The molecular formula is C15H20N2O4. The van der Waals surface area contributed by atoms with Crippen LogP contribution in [-0.4, -0.2) is 41.8 Å². The van der Waals surface area contributed by atoms with Crippen molar-refractivity contribution in [1.29, 1.82) is 0 Å². The Morgan fingerprint density at radius 2 is 2.14 bits per heavy atom. The van der Waals surface area contributed by atoms with Gasteiger partial charge >= 0.3 is 0 Å². The Labute approximate surface area is 123 Å². The van der Waals surface area contributed by atoms with E-state index in [2.05, 4.69) is 5.32 Å². The van der Waals surface area contributed by atoms with Gasteiger partial charge in [-0.05, 0) is 19.4 Å². The predicted octanol–water partition coefficient (Wildman–Crippen LogP) is 1.22. The summed E-state index contributed by atoms with van der Waals surface area (Å²) in [4.78, 5) is 13.5. The van der Waals surface area contributed by atoms with Gasteiger partial charge in [0.25, 0.3) is 0 Å². The van der Waals surface area contributed by atoms with Crippen LogP contribution < -0.4 is 14.8 Å². The van der Waals surface area contributed by atoms with Crippen molar-refractivity contribution in [3.05, 3.63) is 17.7 Å². The zero-order valence-corrected chi connectivity index (χ0v) is 12.1. The molecule has 0 bridgehead atoms. The van der Waals surface area contributed by atoms with Crippen molar-refractivity contribution in [2.45, 2.75) is 32.4 Å². The first-order valence-corrected chi connectivity index (χ1v) is 7.26. The average molecular weight is 292 g/mol. The summed E-state index contributed by atoms with van der Waals surface area (Å²) < 4.78 is 10.5. The lowest BCUT2D eigenvalue weighted by molar-refractivity contribution is -0.127. The molecule has 21 heavy (non-hydrogen) atoms. The molecule has 0 aliphatic carbocycles. The quantitative estimate of drug-likeness (QED) is 0.854. The molecule has 1 fully saturated rings. The molecule has 1 saturated heterocycles.